The highest BCUT2D eigenvalue weighted by atomic mass is 35.5. The van der Waals surface area contributed by atoms with E-state index in [9.17, 15) is 4.79 Å². The summed E-state index contributed by atoms with van der Waals surface area (Å²) in [5, 5.41) is 3.03. The molecule has 0 aliphatic heterocycles. The maximum Gasteiger partial charge on any atom is 0.338 e. The molecule has 3 aromatic rings. The van der Waals surface area contributed by atoms with Crippen LogP contribution in [0.25, 0.3) is 10.6 Å². The zero-order valence-electron chi connectivity index (χ0n) is 14.2. The maximum absolute atomic E-state index is 12.3. The zero-order chi connectivity index (χ0) is 18.5. The molecule has 0 saturated carbocycles. The lowest BCUT2D eigenvalue weighted by atomic mass is 10.2. The number of hydrogen-bond donors (Lipinski definition) is 0. The van der Waals surface area contributed by atoms with Gasteiger partial charge in [0.15, 0.2) is 11.5 Å². The lowest BCUT2D eigenvalue weighted by Crippen LogP contribution is -2.06. The third-order valence-corrected chi connectivity index (χ3v) is 4.81. The molecule has 134 valence electrons. The van der Waals surface area contributed by atoms with Crippen molar-refractivity contribution in [2.24, 2.45) is 0 Å². The lowest BCUT2D eigenvalue weighted by molar-refractivity contribution is 0.0468. The van der Waals surface area contributed by atoms with E-state index in [1.54, 1.807) is 0 Å². The first kappa shape index (κ1) is 18.2. The number of carbonyl (C=O) groups is 1. The predicted octanol–water partition coefficient (Wildman–Crippen LogP) is 4.84. The number of benzene rings is 2. The molecule has 0 atom stereocenters. The van der Waals surface area contributed by atoms with Crippen LogP contribution in [0.2, 0.25) is 5.02 Å². The predicted molar refractivity (Wildman–Crippen MR) is 101 cm³/mol. The fraction of sp³-hybridized carbons (Fsp3) is 0.158. The highest BCUT2D eigenvalue weighted by Crippen LogP contribution is 2.36. The van der Waals surface area contributed by atoms with Crippen molar-refractivity contribution < 1.29 is 19.0 Å². The van der Waals surface area contributed by atoms with E-state index in [0.29, 0.717) is 17.2 Å². The standard InChI is InChI=1S/C19H16ClNO4S/c1-23-16-9-13(8-15(20)17(16)24-2)19(22)25-10-14-11-26-18(21-14)12-6-4-3-5-7-12/h3-9,11H,10H2,1-2H3. The topological polar surface area (TPSA) is 57.7 Å². The van der Waals surface area contributed by atoms with Crippen molar-refractivity contribution in [3.63, 3.8) is 0 Å². The number of aromatic nitrogens is 1. The fourth-order valence-corrected chi connectivity index (χ4v) is 3.44. The third kappa shape index (κ3) is 3.98. The number of esters is 1. The molecule has 0 bridgehead atoms. The van der Waals surface area contributed by atoms with Gasteiger partial charge in [-0.25, -0.2) is 9.78 Å². The fourth-order valence-electron chi connectivity index (χ4n) is 2.35. The molecule has 0 amide bonds. The number of methoxy groups -OCH3 is 2. The molecule has 0 N–H and O–H groups in total. The van der Waals surface area contributed by atoms with Crippen molar-refractivity contribution in [2.45, 2.75) is 6.61 Å². The molecule has 0 fully saturated rings. The lowest BCUT2D eigenvalue weighted by Gasteiger charge is -2.11. The van der Waals surface area contributed by atoms with Crippen molar-refractivity contribution in [3.8, 4) is 22.1 Å². The summed E-state index contributed by atoms with van der Waals surface area (Å²) in [7, 11) is 2.96. The molecule has 1 aromatic heterocycles. The third-order valence-electron chi connectivity index (χ3n) is 3.59. The maximum atomic E-state index is 12.3. The van der Waals surface area contributed by atoms with E-state index < -0.39 is 5.97 Å². The molecular formula is C19H16ClNO4S. The summed E-state index contributed by atoms with van der Waals surface area (Å²) in [4.78, 5) is 16.8. The van der Waals surface area contributed by atoms with Crippen LogP contribution in [0.4, 0.5) is 0 Å². The highest BCUT2D eigenvalue weighted by molar-refractivity contribution is 7.13. The molecule has 0 unspecified atom stereocenters. The van der Waals surface area contributed by atoms with Crippen LogP contribution in [0.15, 0.2) is 47.8 Å². The highest BCUT2D eigenvalue weighted by Gasteiger charge is 2.17. The Hall–Kier alpha value is -2.57. The van der Waals surface area contributed by atoms with Crippen molar-refractivity contribution >= 4 is 28.9 Å². The van der Waals surface area contributed by atoms with Gasteiger partial charge in [-0.1, -0.05) is 41.9 Å². The second-order valence-corrected chi connectivity index (χ2v) is 6.55. The number of thiazole rings is 1. The molecule has 0 aliphatic rings. The Kier molecular flexibility index (Phi) is 5.75. The van der Waals surface area contributed by atoms with Crippen LogP contribution >= 0.6 is 22.9 Å². The van der Waals surface area contributed by atoms with Crippen molar-refractivity contribution in [3.05, 3.63) is 64.1 Å². The Bertz CT molecular complexity index is 911. The second-order valence-electron chi connectivity index (χ2n) is 5.28. The van der Waals surface area contributed by atoms with Crippen LogP contribution in [0, 0.1) is 0 Å². The van der Waals surface area contributed by atoms with E-state index in [2.05, 4.69) is 4.98 Å². The van der Waals surface area contributed by atoms with Gasteiger partial charge in [0.05, 0.1) is 30.5 Å². The van der Waals surface area contributed by atoms with Gasteiger partial charge >= 0.3 is 5.97 Å². The van der Waals surface area contributed by atoms with Gasteiger partial charge in [-0.2, -0.15) is 0 Å². The van der Waals surface area contributed by atoms with Crippen LogP contribution < -0.4 is 9.47 Å². The van der Waals surface area contributed by atoms with E-state index in [0.717, 1.165) is 10.6 Å². The minimum absolute atomic E-state index is 0.0775. The Labute approximate surface area is 160 Å². The van der Waals surface area contributed by atoms with E-state index >= 15 is 0 Å². The minimum atomic E-state index is -0.512. The number of nitrogens with zero attached hydrogens (tertiary/aromatic N) is 1. The van der Waals surface area contributed by atoms with E-state index in [4.69, 9.17) is 25.8 Å². The largest absolute Gasteiger partial charge is 0.493 e. The first-order valence-electron chi connectivity index (χ1n) is 7.71. The van der Waals surface area contributed by atoms with Crippen LogP contribution in [-0.2, 0) is 11.3 Å². The average molecular weight is 390 g/mol. The molecule has 0 radical (unpaired) electrons. The van der Waals surface area contributed by atoms with E-state index in [1.165, 1.54) is 37.7 Å². The second kappa shape index (κ2) is 8.21. The molecule has 0 aliphatic carbocycles. The summed E-state index contributed by atoms with van der Waals surface area (Å²) in [5.74, 6) is 0.229. The van der Waals surface area contributed by atoms with E-state index in [1.807, 2.05) is 35.7 Å². The summed E-state index contributed by atoms with van der Waals surface area (Å²) in [5.41, 5.74) is 2.00. The molecule has 2 aromatic carbocycles. The van der Waals surface area contributed by atoms with Crippen molar-refractivity contribution in [2.75, 3.05) is 14.2 Å². The number of hydrogen-bond acceptors (Lipinski definition) is 6. The molecule has 3 rings (SSSR count). The van der Waals surface area contributed by atoms with Crippen LogP contribution in [-0.4, -0.2) is 25.2 Å². The summed E-state index contributed by atoms with van der Waals surface area (Å²) in [6.07, 6.45) is 0. The zero-order valence-corrected chi connectivity index (χ0v) is 15.8. The molecular weight excluding hydrogens is 374 g/mol. The molecule has 1 heterocycles. The number of carbonyl (C=O) groups excluding carboxylic acids is 1. The van der Waals surface area contributed by atoms with Gasteiger partial charge in [0.1, 0.15) is 11.6 Å². The Balaban J connectivity index is 1.70. The smallest absolute Gasteiger partial charge is 0.338 e. The molecule has 5 nitrogen and oxygen atoms in total. The van der Waals surface area contributed by atoms with Gasteiger partial charge in [-0.15, -0.1) is 11.3 Å². The summed E-state index contributed by atoms with van der Waals surface area (Å²) < 4.78 is 15.7. The first-order valence-corrected chi connectivity index (χ1v) is 8.96. The van der Waals surface area contributed by atoms with Gasteiger partial charge < -0.3 is 14.2 Å². The normalized spacial score (nSPS) is 10.4. The number of rotatable bonds is 6. The molecule has 26 heavy (non-hydrogen) atoms. The quantitative estimate of drug-likeness (QED) is 0.565. The molecule has 0 saturated heterocycles. The molecule has 0 spiro atoms. The van der Waals surface area contributed by atoms with Crippen LogP contribution in [0.5, 0.6) is 11.5 Å². The van der Waals surface area contributed by atoms with Crippen LogP contribution in [0.1, 0.15) is 16.1 Å². The van der Waals surface area contributed by atoms with Crippen LogP contribution in [0.3, 0.4) is 0 Å². The summed E-state index contributed by atoms with van der Waals surface area (Å²) in [6.45, 7) is 0.0775. The van der Waals surface area contributed by atoms with E-state index in [-0.39, 0.29) is 17.2 Å². The number of ether oxygens (including phenoxy) is 3. The molecule has 7 heteroatoms. The Morgan fingerprint density at radius 3 is 2.62 bits per heavy atom. The van der Waals surface area contributed by atoms with Gasteiger partial charge in [-0.05, 0) is 12.1 Å². The average Bonchev–Trinajstić information content (AvgIpc) is 3.15. The summed E-state index contributed by atoms with van der Waals surface area (Å²) in [6, 6.07) is 12.9. The van der Waals surface area contributed by atoms with Gasteiger partial charge in [0.2, 0.25) is 0 Å². The summed E-state index contributed by atoms with van der Waals surface area (Å²) >= 11 is 7.63. The monoisotopic (exact) mass is 389 g/mol. The van der Waals surface area contributed by atoms with Crippen molar-refractivity contribution in [1.29, 1.82) is 0 Å². The van der Waals surface area contributed by atoms with Gasteiger partial charge in [0.25, 0.3) is 0 Å². The van der Waals surface area contributed by atoms with Gasteiger partial charge in [0, 0.05) is 10.9 Å². The SMILES string of the molecule is COc1cc(C(=O)OCc2csc(-c3ccccc3)n2)cc(Cl)c1OC. The Morgan fingerprint density at radius 1 is 1.15 bits per heavy atom. The van der Waals surface area contributed by atoms with Crippen molar-refractivity contribution in [1.82, 2.24) is 4.98 Å². The van der Waals surface area contributed by atoms with Gasteiger partial charge in [-0.3, -0.25) is 0 Å². The minimum Gasteiger partial charge on any atom is -0.493 e. The Morgan fingerprint density at radius 2 is 1.92 bits per heavy atom. The first-order chi connectivity index (χ1) is 12.6. The number of halogens is 1.